The number of hydrogen-bond acceptors (Lipinski definition) is 4. The smallest absolute Gasteiger partial charge is 0.301 e. The molecule has 3 aromatic rings. The Morgan fingerprint density at radius 2 is 2.08 bits per heavy atom. The maximum Gasteiger partial charge on any atom is 0.301 e. The topological polar surface area (TPSA) is 77.1 Å². The number of anilines is 1. The summed E-state index contributed by atoms with van der Waals surface area (Å²) >= 11 is 0. The Kier molecular flexibility index (Phi) is 4.52. The van der Waals surface area contributed by atoms with Gasteiger partial charge in [-0.15, -0.1) is 0 Å². The third-order valence-electron chi connectivity index (χ3n) is 4.00. The lowest BCUT2D eigenvalue weighted by Crippen LogP contribution is -2.29. The number of nitrogens with zero attached hydrogens (tertiary/aromatic N) is 2. The number of benzene rings is 1. The van der Waals surface area contributed by atoms with Crippen LogP contribution in [0.5, 0.6) is 0 Å². The van der Waals surface area contributed by atoms with Crippen LogP contribution in [0.3, 0.4) is 0 Å². The Morgan fingerprint density at radius 1 is 1.28 bits per heavy atom. The minimum Gasteiger partial charge on any atom is -0.432 e. The van der Waals surface area contributed by atoms with Crippen molar-refractivity contribution in [1.82, 2.24) is 9.55 Å². The number of rotatable bonds is 4. The summed E-state index contributed by atoms with van der Waals surface area (Å²) in [6, 6.07) is 9.53. The molecule has 6 nitrogen and oxygen atoms in total. The standard InChI is InChI=1S/C19H19N3O3/c1-12(2)14-5-4-6-15(11-14)22-9-7-13(3)16(18(22)24)17(23)21-19-20-8-10-25-19/h4-12H,1-3H3,(H,20,21,23). The molecule has 0 aliphatic heterocycles. The van der Waals surface area contributed by atoms with Crippen LogP contribution in [0.4, 0.5) is 6.01 Å². The van der Waals surface area contributed by atoms with Crippen molar-refractivity contribution in [2.75, 3.05) is 5.32 Å². The predicted octanol–water partition coefficient (Wildman–Crippen LogP) is 3.51. The lowest BCUT2D eigenvalue weighted by molar-refractivity contribution is 0.102. The van der Waals surface area contributed by atoms with Crippen LogP contribution in [-0.2, 0) is 0 Å². The number of oxazole rings is 1. The Labute approximate surface area is 145 Å². The van der Waals surface area contributed by atoms with E-state index in [4.69, 9.17) is 4.42 Å². The number of amides is 1. The van der Waals surface area contributed by atoms with Gasteiger partial charge >= 0.3 is 6.01 Å². The monoisotopic (exact) mass is 337 g/mol. The van der Waals surface area contributed by atoms with E-state index in [1.807, 2.05) is 24.3 Å². The summed E-state index contributed by atoms with van der Waals surface area (Å²) in [7, 11) is 0. The summed E-state index contributed by atoms with van der Waals surface area (Å²) in [5, 5.41) is 2.50. The van der Waals surface area contributed by atoms with Gasteiger partial charge in [0.1, 0.15) is 11.8 Å². The van der Waals surface area contributed by atoms with Crippen molar-refractivity contribution in [1.29, 1.82) is 0 Å². The van der Waals surface area contributed by atoms with Gasteiger partial charge in [0.05, 0.1) is 6.20 Å². The van der Waals surface area contributed by atoms with Gasteiger partial charge in [-0.1, -0.05) is 26.0 Å². The van der Waals surface area contributed by atoms with E-state index >= 15 is 0 Å². The zero-order valence-electron chi connectivity index (χ0n) is 14.3. The summed E-state index contributed by atoms with van der Waals surface area (Å²) in [6.07, 6.45) is 4.45. The van der Waals surface area contributed by atoms with Gasteiger partial charge in [0, 0.05) is 11.9 Å². The first kappa shape index (κ1) is 16.7. The molecule has 0 bridgehead atoms. The van der Waals surface area contributed by atoms with Crippen LogP contribution in [0, 0.1) is 6.92 Å². The molecule has 0 radical (unpaired) electrons. The van der Waals surface area contributed by atoms with Crippen molar-refractivity contribution in [2.24, 2.45) is 0 Å². The summed E-state index contributed by atoms with van der Waals surface area (Å²) < 4.78 is 6.49. The molecule has 1 amide bonds. The number of carbonyl (C=O) groups excluding carboxylic acids is 1. The molecule has 0 saturated carbocycles. The summed E-state index contributed by atoms with van der Waals surface area (Å²) in [4.78, 5) is 29.2. The number of hydrogen-bond donors (Lipinski definition) is 1. The molecule has 0 atom stereocenters. The van der Waals surface area contributed by atoms with Crippen LogP contribution in [0.25, 0.3) is 5.69 Å². The zero-order valence-corrected chi connectivity index (χ0v) is 14.3. The van der Waals surface area contributed by atoms with Crippen molar-refractivity contribution in [2.45, 2.75) is 26.7 Å². The molecule has 1 N–H and O–H groups in total. The van der Waals surface area contributed by atoms with Gasteiger partial charge in [0.2, 0.25) is 0 Å². The fourth-order valence-corrected chi connectivity index (χ4v) is 2.58. The molecule has 0 aliphatic carbocycles. The van der Waals surface area contributed by atoms with Crippen molar-refractivity contribution in [3.8, 4) is 5.69 Å². The molecule has 128 valence electrons. The maximum atomic E-state index is 12.9. The van der Waals surface area contributed by atoms with E-state index in [1.54, 1.807) is 19.2 Å². The molecular formula is C19H19N3O3. The highest BCUT2D eigenvalue weighted by Gasteiger charge is 2.18. The average Bonchev–Trinajstić information content (AvgIpc) is 3.08. The third-order valence-corrected chi connectivity index (χ3v) is 4.00. The van der Waals surface area contributed by atoms with Gasteiger partial charge in [-0.2, -0.15) is 0 Å². The van der Waals surface area contributed by atoms with Gasteiger partial charge in [-0.3, -0.25) is 19.5 Å². The van der Waals surface area contributed by atoms with E-state index in [-0.39, 0.29) is 17.1 Å². The summed E-state index contributed by atoms with van der Waals surface area (Å²) in [5.74, 6) is -0.201. The molecular weight excluding hydrogens is 318 g/mol. The quantitative estimate of drug-likeness (QED) is 0.790. The van der Waals surface area contributed by atoms with Gasteiger partial charge < -0.3 is 4.42 Å². The molecule has 2 heterocycles. The average molecular weight is 337 g/mol. The van der Waals surface area contributed by atoms with Crippen molar-refractivity contribution in [3.05, 3.63) is 76.0 Å². The molecule has 2 aromatic heterocycles. The van der Waals surface area contributed by atoms with Gasteiger partial charge in [-0.25, -0.2) is 4.98 Å². The largest absolute Gasteiger partial charge is 0.432 e. The van der Waals surface area contributed by atoms with E-state index in [2.05, 4.69) is 24.1 Å². The first-order valence-electron chi connectivity index (χ1n) is 8.01. The third kappa shape index (κ3) is 3.38. The van der Waals surface area contributed by atoms with E-state index in [0.717, 1.165) is 11.3 Å². The Morgan fingerprint density at radius 3 is 2.76 bits per heavy atom. The van der Waals surface area contributed by atoms with Gasteiger partial charge in [0.25, 0.3) is 11.5 Å². The molecule has 6 heteroatoms. The van der Waals surface area contributed by atoms with Crippen molar-refractivity contribution < 1.29 is 9.21 Å². The molecule has 0 fully saturated rings. The number of aryl methyl sites for hydroxylation is 1. The second-order valence-electron chi connectivity index (χ2n) is 6.09. The Bertz CT molecular complexity index is 956. The molecule has 0 aliphatic rings. The van der Waals surface area contributed by atoms with E-state index in [0.29, 0.717) is 11.5 Å². The van der Waals surface area contributed by atoms with Crippen LogP contribution in [0.2, 0.25) is 0 Å². The maximum absolute atomic E-state index is 12.9. The van der Waals surface area contributed by atoms with Crippen LogP contribution < -0.4 is 10.9 Å². The highest BCUT2D eigenvalue weighted by Crippen LogP contribution is 2.18. The second kappa shape index (κ2) is 6.76. The molecule has 0 saturated heterocycles. The first-order valence-corrected chi connectivity index (χ1v) is 8.01. The van der Waals surface area contributed by atoms with Crippen molar-refractivity contribution >= 4 is 11.9 Å². The summed E-state index contributed by atoms with van der Waals surface area (Å²) in [5.41, 5.74) is 2.11. The van der Waals surface area contributed by atoms with Gasteiger partial charge in [0.15, 0.2) is 0 Å². The molecule has 0 spiro atoms. The lowest BCUT2D eigenvalue weighted by Gasteiger charge is -2.12. The molecule has 1 aromatic carbocycles. The van der Waals surface area contributed by atoms with Gasteiger partial charge in [-0.05, 0) is 42.2 Å². The van der Waals surface area contributed by atoms with E-state index in [1.165, 1.54) is 17.0 Å². The predicted molar refractivity (Wildman–Crippen MR) is 95.3 cm³/mol. The number of pyridine rings is 1. The van der Waals surface area contributed by atoms with E-state index in [9.17, 15) is 9.59 Å². The minimum absolute atomic E-state index is 0.0565. The Balaban J connectivity index is 2.04. The number of nitrogens with one attached hydrogen (secondary N) is 1. The molecule has 3 rings (SSSR count). The normalized spacial score (nSPS) is 10.9. The minimum atomic E-state index is -0.542. The van der Waals surface area contributed by atoms with Crippen LogP contribution in [-0.4, -0.2) is 15.5 Å². The lowest BCUT2D eigenvalue weighted by atomic mass is 10.0. The Hall–Kier alpha value is -3.15. The SMILES string of the molecule is Cc1ccn(-c2cccc(C(C)C)c2)c(=O)c1C(=O)Nc1ncco1. The summed E-state index contributed by atoms with van der Waals surface area (Å²) in [6.45, 7) is 5.90. The molecule has 0 unspecified atom stereocenters. The highest BCUT2D eigenvalue weighted by molar-refractivity contribution is 6.03. The fourth-order valence-electron chi connectivity index (χ4n) is 2.58. The fraction of sp³-hybridized carbons (Fsp3) is 0.211. The van der Waals surface area contributed by atoms with Crippen molar-refractivity contribution in [3.63, 3.8) is 0 Å². The number of carbonyl (C=O) groups is 1. The van der Waals surface area contributed by atoms with Crippen LogP contribution in [0.15, 0.2) is 58.2 Å². The number of aromatic nitrogens is 2. The zero-order chi connectivity index (χ0) is 18.0. The first-order chi connectivity index (χ1) is 12.0. The highest BCUT2D eigenvalue weighted by atomic mass is 16.4. The van der Waals surface area contributed by atoms with Crippen LogP contribution >= 0.6 is 0 Å². The second-order valence-corrected chi connectivity index (χ2v) is 6.09. The molecule has 25 heavy (non-hydrogen) atoms. The van der Waals surface area contributed by atoms with E-state index < -0.39 is 5.91 Å². The van der Waals surface area contributed by atoms with Crippen LogP contribution in [0.1, 0.15) is 41.3 Å².